The van der Waals surface area contributed by atoms with E-state index < -0.39 is 0 Å². The van der Waals surface area contributed by atoms with Crippen LogP contribution in [-0.2, 0) is 5.41 Å². The van der Waals surface area contributed by atoms with Crippen LogP contribution in [0.1, 0.15) is 34.6 Å². The minimum Gasteiger partial charge on any atom is -0.497 e. The summed E-state index contributed by atoms with van der Waals surface area (Å²) in [5, 5.41) is 0. The molecule has 3 heteroatoms. The van der Waals surface area contributed by atoms with Gasteiger partial charge in [0.25, 0.3) is 0 Å². The van der Waals surface area contributed by atoms with Gasteiger partial charge >= 0.3 is 0 Å². The Morgan fingerprint density at radius 2 is 2.00 bits per heavy atom. The summed E-state index contributed by atoms with van der Waals surface area (Å²) in [4.78, 5) is 12.9. The Labute approximate surface area is 110 Å². The molecule has 0 radical (unpaired) electrons. The van der Waals surface area contributed by atoms with Gasteiger partial charge in [-0.2, -0.15) is 0 Å². The van der Waals surface area contributed by atoms with Gasteiger partial charge in [-0.3, -0.25) is 4.79 Å². The molecule has 92 valence electrons. The van der Waals surface area contributed by atoms with E-state index in [1.807, 2.05) is 12.1 Å². The Morgan fingerprint density at radius 3 is 2.67 bits per heavy atom. The van der Waals surface area contributed by atoms with E-state index in [0.29, 0.717) is 0 Å². The molecule has 2 nitrogen and oxygen atoms in total. The summed E-state index contributed by atoms with van der Waals surface area (Å²) in [6.07, 6.45) is 0.933. The van der Waals surface area contributed by atoms with Crippen LogP contribution in [0.4, 0.5) is 0 Å². The second-order valence-electron chi connectivity index (χ2n) is 5.05. The lowest BCUT2D eigenvalue weighted by Gasteiger charge is -2.20. The molecule has 1 aliphatic rings. The molecule has 0 fully saturated rings. The smallest absolute Gasteiger partial charge is 0.160 e. The summed E-state index contributed by atoms with van der Waals surface area (Å²) in [5.41, 5.74) is 3.70. The van der Waals surface area contributed by atoms with Crippen molar-refractivity contribution in [3.63, 3.8) is 0 Å². The molecular weight excluding hydrogens is 244 g/mol. The number of hydrogen-bond acceptors (Lipinski definition) is 3. The first kappa shape index (κ1) is 11.5. The predicted molar refractivity (Wildman–Crippen MR) is 73.8 cm³/mol. The number of carbonyl (C=O) groups excluding carboxylic acids is 1. The Hall–Kier alpha value is -1.61. The second kappa shape index (κ2) is 3.69. The van der Waals surface area contributed by atoms with E-state index in [1.54, 1.807) is 18.4 Å². The van der Waals surface area contributed by atoms with Gasteiger partial charge in [-0.1, -0.05) is 13.8 Å². The van der Waals surface area contributed by atoms with Gasteiger partial charge in [0.2, 0.25) is 0 Å². The highest BCUT2D eigenvalue weighted by atomic mass is 32.1. The van der Waals surface area contributed by atoms with Crippen molar-refractivity contribution in [1.29, 1.82) is 0 Å². The number of ether oxygens (including phenoxy) is 1. The molecule has 1 aromatic carbocycles. The number of carbonyl (C=O) groups is 1. The number of methoxy groups -OCH3 is 1. The van der Waals surface area contributed by atoms with Crippen LogP contribution in [0.5, 0.6) is 5.75 Å². The quantitative estimate of drug-likeness (QED) is 0.764. The molecule has 0 spiro atoms. The molecule has 18 heavy (non-hydrogen) atoms. The summed E-state index contributed by atoms with van der Waals surface area (Å²) in [7, 11) is 1.68. The summed E-state index contributed by atoms with van der Waals surface area (Å²) >= 11 is 1.57. The van der Waals surface area contributed by atoms with Gasteiger partial charge in [-0.05, 0) is 41.0 Å². The third-order valence-electron chi connectivity index (χ3n) is 3.69. The number of aldehydes is 1. The molecule has 0 amide bonds. The summed E-state index contributed by atoms with van der Waals surface area (Å²) in [6, 6.07) is 8.18. The molecule has 3 rings (SSSR count). The zero-order valence-electron chi connectivity index (χ0n) is 10.6. The Kier molecular flexibility index (Phi) is 2.35. The van der Waals surface area contributed by atoms with Crippen molar-refractivity contribution < 1.29 is 9.53 Å². The van der Waals surface area contributed by atoms with Gasteiger partial charge < -0.3 is 4.74 Å². The molecule has 0 atom stereocenters. The third-order valence-corrected chi connectivity index (χ3v) is 4.78. The third kappa shape index (κ3) is 1.37. The summed E-state index contributed by atoms with van der Waals surface area (Å²) in [5.74, 6) is 0.882. The van der Waals surface area contributed by atoms with Gasteiger partial charge in [0.05, 0.1) is 12.0 Å². The SMILES string of the molecule is COc1ccc2c(c1)C(C)(C)c1cc(C=O)sc1-2. The van der Waals surface area contributed by atoms with Gasteiger partial charge in [0, 0.05) is 10.3 Å². The summed E-state index contributed by atoms with van der Waals surface area (Å²) < 4.78 is 5.30. The van der Waals surface area contributed by atoms with Crippen LogP contribution in [0.25, 0.3) is 10.4 Å². The van der Waals surface area contributed by atoms with Gasteiger partial charge in [-0.25, -0.2) is 0 Å². The number of thiophene rings is 1. The summed E-state index contributed by atoms with van der Waals surface area (Å²) in [6.45, 7) is 4.39. The van der Waals surface area contributed by atoms with Crippen LogP contribution < -0.4 is 4.74 Å². The van der Waals surface area contributed by atoms with E-state index in [1.165, 1.54) is 21.6 Å². The number of fused-ring (bicyclic) bond motifs is 3. The van der Waals surface area contributed by atoms with Crippen molar-refractivity contribution in [2.45, 2.75) is 19.3 Å². The maximum Gasteiger partial charge on any atom is 0.160 e. The Morgan fingerprint density at radius 1 is 1.22 bits per heavy atom. The fraction of sp³-hybridized carbons (Fsp3) is 0.267. The van der Waals surface area contributed by atoms with Crippen LogP contribution in [0.15, 0.2) is 24.3 Å². The van der Waals surface area contributed by atoms with Crippen molar-refractivity contribution in [2.24, 2.45) is 0 Å². The van der Waals surface area contributed by atoms with Crippen molar-refractivity contribution in [2.75, 3.05) is 7.11 Å². The zero-order chi connectivity index (χ0) is 12.9. The monoisotopic (exact) mass is 258 g/mol. The molecule has 0 unspecified atom stereocenters. The Bertz CT molecular complexity index is 638. The van der Waals surface area contributed by atoms with E-state index in [9.17, 15) is 4.79 Å². The molecule has 0 saturated heterocycles. The lowest BCUT2D eigenvalue weighted by molar-refractivity contribution is 0.112. The van der Waals surface area contributed by atoms with E-state index in [-0.39, 0.29) is 5.41 Å². The molecular formula is C15H14O2S. The fourth-order valence-corrected chi connectivity index (χ4v) is 3.82. The van der Waals surface area contributed by atoms with Gasteiger partial charge in [0.15, 0.2) is 6.29 Å². The number of rotatable bonds is 2. The number of benzene rings is 1. The standard InChI is InChI=1S/C15H14O2S/c1-15(2)12-6-9(17-3)4-5-11(12)14-13(15)7-10(8-16)18-14/h4-8H,1-3H3. The van der Waals surface area contributed by atoms with Crippen molar-refractivity contribution in [1.82, 2.24) is 0 Å². The first-order valence-electron chi connectivity index (χ1n) is 5.86. The maximum atomic E-state index is 10.9. The van der Waals surface area contributed by atoms with Crippen molar-refractivity contribution in [3.05, 3.63) is 40.3 Å². The topological polar surface area (TPSA) is 26.3 Å². The Balaban J connectivity index is 2.28. The molecule has 0 bridgehead atoms. The number of hydrogen-bond donors (Lipinski definition) is 0. The first-order chi connectivity index (χ1) is 8.57. The van der Waals surface area contributed by atoms with Crippen molar-refractivity contribution in [3.8, 4) is 16.2 Å². The highest BCUT2D eigenvalue weighted by molar-refractivity contribution is 7.17. The molecule has 1 aliphatic carbocycles. The lowest BCUT2D eigenvalue weighted by atomic mass is 9.83. The fourth-order valence-electron chi connectivity index (χ4n) is 2.64. The molecule has 1 heterocycles. The zero-order valence-corrected chi connectivity index (χ0v) is 11.4. The molecule has 2 aromatic rings. The first-order valence-corrected chi connectivity index (χ1v) is 6.68. The largest absolute Gasteiger partial charge is 0.497 e. The van der Waals surface area contributed by atoms with Crippen molar-refractivity contribution >= 4 is 17.6 Å². The van der Waals surface area contributed by atoms with E-state index in [4.69, 9.17) is 4.74 Å². The molecule has 1 aromatic heterocycles. The second-order valence-corrected chi connectivity index (χ2v) is 6.13. The van der Waals surface area contributed by atoms with Crippen LogP contribution >= 0.6 is 11.3 Å². The average molecular weight is 258 g/mol. The maximum absolute atomic E-state index is 10.9. The average Bonchev–Trinajstić information content (AvgIpc) is 2.89. The highest BCUT2D eigenvalue weighted by Gasteiger charge is 2.37. The van der Waals surface area contributed by atoms with Crippen LogP contribution in [0, 0.1) is 0 Å². The van der Waals surface area contributed by atoms with E-state index in [0.717, 1.165) is 16.9 Å². The van der Waals surface area contributed by atoms with Gasteiger partial charge in [0.1, 0.15) is 5.75 Å². The molecule has 0 saturated carbocycles. The normalized spacial score (nSPS) is 15.1. The minimum atomic E-state index is -0.0586. The predicted octanol–water partition coefficient (Wildman–Crippen LogP) is 3.88. The molecule has 0 aliphatic heterocycles. The minimum absolute atomic E-state index is 0.0586. The van der Waals surface area contributed by atoms with Crippen LogP contribution in [-0.4, -0.2) is 13.4 Å². The van der Waals surface area contributed by atoms with E-state index >= 15 is 0 Å². The van der Waals surface area contributed by atoms with Crippen LogP contribution in [0.3, 0.4) is 0 Å². The van der Waals surface area contributed by atoms with Gasteiger partial charge in [-0.15, -0.1) is 11.3 Å². The van der Waals surface area contributed by atoms with E-state index in [2.05, 4.69) is 26.0 Å². The molecule has 0 N–H and O–H groups in total. The van der Waals surface area contributed by atoms with Crippen LogP contribution in [0.2, 0.25) is 0 Å². The lowest BCUT2D eigenvalue weighted by Crippen LogP contribution is -2.14. The highest BCUT2D eigenvalue weighted by Crippen LogP contribution is 2.52.